The lowest BCUT2D eigenvalue weighted by atomic mass is 10.0. The molecule has 0 radical (unpaired) electrons. The number of aromatic nitrogens is 3. The Hall–Kier alpha value is -3.51. The molecule has 2 aromatic heterocycles. The first-order chi connectivity index (χ1) is 13.5. The van der Waals surface area contributed by atoms with Crippen molar-refractivity contribution in [1.82, 2.24) is 14.8 Å². The van der Waals surface area contributed by atoms with Crippen LogP contribution in [0.25, 0.3) is 16.7 Å². The van der Waals surface area contributed by atoms with Crippen LogP contribution in [-0.4, -0.2) is 31.6 Å². The molecule has 0 aliphatic rings. The van der Waals surface area contributed by atoms with Crippen molar-refractivity contribution in [2.75, 3.05) is 0 Å². The molecule has 0 aliphatic heterocycles. The number of halogens is 1. The molecule has 1 N–H and O–H groups in total. The number of carboxylic acids is 1. The van der Waals surface area contributed by atoms with Gasteiger partial charge in [0.1, 0.15) is 5.69 Å². The van der Waals surface area contributed by atoms with Crippen LogP contribution in [0.5, 0.6) is 0 Å². The molecule has 0 saturated carbocycles. The number of rotatable bonds is 4. The van der Waals surface area contributed by atoms with Crippen LogP contribution < -0.4 is 0 Å². The third kappa shape index (κ3) is 2.93. The van der Waals surface area contributed by atoms with Gasteiger partial charge in [-0.1, -0.05) is 41.9 Å². The highest BCUT2D eigenvalue weighted by molar-refractivity contribution is 6.35. The summed E-state index contributed by atoms with van der Waals surface area (Å²) in [5.41, 5.74) is 2.19. The predicted molar refractivity (Wildman–Crippen MR) is 105 cm³/mol. The molecule has 0 unspecified atom stereocenters. The maximum Gasteiger partial charge on any atom is 0.337 e. The zero-order valence-corrected chi connectivity index (χ0v) is 15.5. The number of fused-ring (bicyclic) bond motifs is 1. The summed E-state index contributed by atoms with van der Waals surface area (Å²) in [4.78, 5) is 28.5. The second-order valence-corrected chi connectivity index (χ2v) is 6.66. The summed E-state index contributed by atoms with van der Waals surface area (Å²) in [6.45, 7) is 1.82. The number of ketones is 1. The third-order valence-corrected chi connectivity index (χ3v) is 4.78. The lowest BCUT2D eigenvalue weighted by Gasteiger charge is -2.05. The minimum atomic E-state index is -1.06. The van der Waals surface area contributed by atoms with Crippen molar-refractivity contribution in [1.29, 1.82) is 0 Å². The molecule has 0 saturated heterocycles. The number of aromatic carboxylic acids is 1. The maximum atomic E-state index is 13.2. The van der Waals surface area contributed by atoms with Gasteiger partial charge in [0, 0.05) is 17.1 Å². The Labute approximate surface area is 165 Å². The number of carboxylic acid groups (broad SMARTS) is 1. The van der Waals surface area contributed by atoms with E-state index < -0.39 is 5.97 Å². The van der Waals surface area contributed by atoms with Crippen molar-refractivity contribution in [2.45, 2.75) is 6.92 Å². The SMILES string of the molecule is Cc1cccc(Cl)c1C(=O)c1nn(-c2ccc(C(=O)O)cn2)c2ccccc12. The van der Waals surface area contributed by atoms with E-state index in [2.05, 4.69) is 10.1 Å². The molecule has 6 nitrogen and oxygen atoms in total. The number of pyridine rings is 1. The predicted octanol–water partition coefficient (Wildman–Crippen LogP) is 4.31. The zero-order chi connectivity index (χ0) is 19.8. The lowest BCUT2D eigenvalue weighted by molar-refractivity contribution is 0.0696. The van der Waals surface area contributed by atoms with Crippen molar-refractivity contribution in [3.05, 3.63) is 88.2 Å². The molecule has 28 heavy (non-hydrogen) atoms. The molecule has 0 aliphatic carbocycles. The average molecular weight is 392 g/mol. The van der Waals surface area contributed by atoms with Crippen molar-refractivity contribution in [3.8, 4) is 5.82 Å². The smallest absolute Gasteiger partial charge is 0.337 e. The molecule has 0 bridgehead atoms. The van der Waals surface area contributed by atoms with Crippen LogP contribution in [0.3, 0.4) is 0 Å². The molecule has 138 valence electrons. The van der Waals surface area contributed by atoms with Gasteiger partial charge in [-0.15, -0.1) is 0 Å². The fourth-order valence-corrected chi connectivity index (χ4v) is 3.39. The number of carbonyl (C=O) groups is 2. The van der Waals surface area contributed by atoms with Gasteiger partial charge in [-0.25, -0.2) is 14.5 Å². The minimum absolute atomic E-state index is 0.0724. The van der Waals surface area contributed by atoms with Gasteiger partial charge in [0.25, 0.3) is 0 Å². The van der Waals surface area contributed by atoms with Gasteiger partial charge in [-0.3, -0.25) is 4.79 Å². The topological polar surface area (TPSA) is 85.1 Å². The van der Waals surface area contributed by atoms with E-state index in [4.69, 9.17) is 16.7 Å². The van der Waals surface area contributed by atoms with Crippen molar-refractivity contribution >= 4 is 34.3 Å². The zero-order valence-electron chi connectivity index (χ0n) is 14.8. The molecule has 7 heteroatoms. The number of benzene rings is 2. The number of hydrogen-bond donors (Lipinski definition) is 1. The number of para-hydroxylation sites is 1. The molecule has 2 aromatic carbocycles. The monoisotopic (exact) mass is 391 g/mol. The van der Waals surface area contributed by atoms with Crippen LogP contribution in [0.15, 0.2) is 60.8 Å². The fraction of sp³-hybridized carbons (Fsp3) is 0.0476. The minimum Gasteiger partial charge on any atom is -0.478 e. The second kappa shape index (κ2) is 6.90. The summed E-state index contributed by atoms with van der Waals surface area (Å²) < 4.78 is 1.53. The highest BCUT2D eigenvalue weighted by Gasteiger charge is 2.23. The Bertz CT molecular complexity index is 1210. The molecular formula is C21H14ClN3O3. The number of aryl methyl sites for hydroxylation is 1. The highest BCUT2D eigenvalue weighted by Crippen LogP contribution is 2.27. The number of hydrogen-bond acceptors (Lipinski definition) is 4. The van der Waals surface area contributed by atoms with Gasteiger partial charge in [-0.05, 0) is 36.8 Å². The Kier molecular flexibility index (Phi) is 4.41. The molecule has 0 spiro atoms. The first-order valence-corrected chi connectivity index (χ1v) is 8.82. The highest BCUT2D eigenvalue weighted by atomic mass is 35.5. The first-order valence-electron chi connectivity index (χ1n) is 8.44. The Morgan fingerprint density at radius 2 is 1.82 bits per heavy atom. The Morgan fingerprint density at radius 1 is 1.04 bits per heavy atom. The van der Waals surface area contributed by atoms with E-state index in [1.807, 2.05) is 37.3 Å². The number of carbonyl (C=O) groups excluding carboxylic acids is 1. The van der Waals surface area contributed by atoms with Crippen LogP contribution in [0.2, 0.25) is 5.02 Å². The van der Waals surface area contributed by atoms with E-state index in [-0.39, 0.29) is 17.0 Å². The van der Waals surface area contributed by atoms with Crippen LogP contribution in [0, 0.1) is 6.92 Å². The second-order valence-electron chi connectivity index (χ2n) is 6.25. The molecule has 0 amide bonds. The van der Waals surface area contributed by atoms with Crippen LogP contribution >= 0.6 is 11.6 Å². The van der Waals surface area contributed by atoms with Gasteiger partial charge in [-0.2, -0.15) is 5.10 Å². The first kappa shape index (κ1) is 17.9. The van der Waals surface area contributed by atoms with Gasteiger partial charge in [0.15, 0.2) is 5.82 Å². The molecular weight excluding hydrogens is 378 g/mol. The van der Waals surface area contributed by atoms with Gasteiger partial charge in [0.2, 0.25) is 5.78 Å². The summed E-state index contributed by atoms with van der Waals surface area (Å²) in [7, 11) is 0. The fourth-order valence-electron chi connectivity index (χ4n) is 3.08. The standard InChI is InChI=1S/C21H14ClN3O3/c1-12-5-4-7-15(22)18(12)20(26)19-14-6-2-3-8-16(14)25(24-19)17-10-9-13(11-23-17)21(27)28/h2-11H,1H3,(H,27,28). The summed E-state index contributed by atoms with van der Waals surface area (Å²) >= 11 is 6.27. The summed E-state index contributed by atoms with van der Waals surface area (Å²) in [5, 5.41) is 14.6. The quantitative estimate of drug-likeness (QED) is 0.524. The molecule has 0 atom stereocenters. The van der Waals surface area contributed by atoms with Crippen molar-refractivity contribution in [2.24, 2.45) is 0 Å². The summed E-state index contributed by atoms with van der Waals surface area (Å²) in [6.07, 6.45) is 1.26. The normalized spacial score (nSPS) is 10.9. The third-order valence-electron chi connectivity index (χ3n) is 4.46. The van der Waals surface area contributed by atoms with Crippen molar-refractivity contribution < 1.29 is 14.7 Å². The Morgan fingerprint density at radius 3 is 2.50 bits per heavy atom. The van der Waals surface area contributed by atoms with Crippen LogP contribution in [-0.2, 0) is 0 Å². The van der Waals surface area contributed by atoms with E-state index in [1.54, 1.807) is 18.2 Å². The van der Waals surface area contributed by atoms with Gasteiger partial charge in [0.05, 0.1) is 16.1 Å². The van der Waals surface area contributed by atoms with E-state index in [0.29, 0.717) is 27.3 Å². The largest absolute Gasteiger partial charge is 0.478 e. The summed E-state index contributed by atoms with van der Waals surface area (Å²) in [5.74, 6) is -0.925. The maximum absolute atomic E-state index is 13.2. The van der Waals surface area contributed by atoms with E-state index in [1.165, 1.54) is 16.9 Å². The van der Waals surface area contributed by atoms with Crippen molar-refractivity contribution in [3.63, 3.8) is 0 Å². The van der Waals surface area contributed by atoms with E-state index in [0.717, 1.165) is 5.56 Å². The molecule has 2 heterocycles. The number of nitrogens with zero attached hydrogens (tertiary/aromatic N) is 3. The van der Waals surface area contributed by atoms with Gasteiger partial charge < -0.3 is 5.11 Å². The molecule has 0 fully saturated rings. The van der Waals surface area contributed by atoms with E-state index >= 15 is 0 Å². The molecule has 4 aromatic rings. The van der Waals surface area contributed by atoms with Crippen LogP contribution in [0.4, 0.5) is 0 Å². The van der Waals surface area contributed by atoms with E-state index in [9.17, 15) is 9.59 Å². The average Bonchev–Trinajstić information content (AvgIpc) is 3.07. The Balaban J connectivity index is 1.90. The summed E-state index contributed by atoms with van der Waals surface area (Å²) in [6, 6.07) is 15.6. The van der Waals surface area contributed by atoms with Crippen LogP contribution in [0.1, 0.15) is 32.0 Å². The lowest BCUT2D eigenvalue weighted by Crippen LogP contribution is -2.08. The molecule has 4 rings (SSSR count). The van der Waals surface area contributed by atoms with Gasteiger partial charge >= 0.3 is 5.97 Å².